The maximum absolute atomic E-state index is 16.7. The van der Waals surface area contributed by atoms with Crippen molar-refractivity contribution in [3.63, 3.8) is 0 Å². The molecule has 0 heterocycles. The summed E-state index contributed by atoms with van der Waals surface area (Å²) in [6.45, 7) is 0. The lowest BCUT2D eigenvalue weighted by atomic mass is 9.94. The molecule has 2 heteroatoms. The Morgan fingerprint density at radius 1 is 0.273 bits per heavy atom. The van der Waals surface area contributed by atoms with Crippen LogP contribution in [0.15, 0.2) is 152 Å². The van der Waals surface area contributed by atoms with E-state index in [1.54, 1.807) is 0 Å². The van der Waals surface area contributed by atoms with Crippen molar-refractivity contribution >= 4 is 98.5 Å². The largest absolute Gasteiger partial charge is 0.309 e. The molecular formula is C42H25OP. The predicted octanol–water partition coefficient (Wildman–Crippen LogP) is 10.3. The SMILES string of the molecule is O=P(c1cccc2ccccc12)(c1ccc2ccc3cccc4ccc1c2c34)c1ccc2ccc3cccc4ccc1c2c34. The Labute approximate surface area is 254 Å². The molecule has 0 aliphatic carbocycles. The summed E-state index contributed by atoms with van der Waals surface area (Å²) < 4.78 is 16.7. The maximum Gasteiger partial charge on any atom is 0.172 e. The molecule has 0 radical (unpaired) electrons. The Hall–Kier alpha value is -5.23. The van der Waals surface area contributed by atoms with Crippen LogP contribution < -0.4 is 15.9 Å². The summed E-state index contributed by atoms with van der Waals surface area (Å²) in [4.78, 5) is 0. The zero-order valence-corrected chi connectivity index (χ0v) is 24.7. The van der Waals surface area contributed by atoms with Crippen LogP contribution in [0.2, 0.25) is 0 Å². The quantitative estimate of drug-likeness (QED) is 0.151. The van der Waals surface area contributed by atoms with Gasteiger partial charge in [0.05, 0.1) is 0 Å². The van der Waals surface area contributed by atoms with Gasteiger partial charge in [-0.1, -0.05) is 140 Å². The highest BCUT2D eigenvalue weighted by molar-refractivity contribution is 7.86. The van der Waals surface area contributed by atoms with Gasteiger partial charge in [-0.25, -0.2) is 0 Å². The van der Waals surface area contributed by atoms with Crippen molar-refractivity contribution in [3.05, 3.63) is 152 Å². The number of hydrogen-bond acceptors (Lipinski definition) is 1. The summed E-state index contributed by atoms with van der Waals surface area (Å²) in [5, 5.41) is 19.0. The fourth-order valence-electron chi connectivity index (χ4n) is 7.86. The van der Waals surface area contributed by atoms with Crippen molar-refractivity contribution in [2.24, 2.45) is 0 Å². The van der Waals surface area contributed by atoms with Gasteiger partial charge >= 0.3 is 0 Å². The highest BCUT2D eigenvalue weighted by Gasteiger charge is 2.35. The third-order valence-corrected chi connectivity index (χ3v) is 13.0. The number of fused-ring (bicyclic) bond motifs is 1. The molecule has 0 bridgehead atoms. The Morgan fingerprint density at radius 2 is 0.636 bits per heavy atom. The zero-order valence-electron chi connectivity index (χ0n) is 23.8. The van der Waals surface area contributed by atoms with Gasteiger partial charge in [-0.3, -0.25) is 0 Å². The fraction of sp³-hybridized carbons (Fsp3) is 0. The van der Waals surface area contributed by atoms with Crippen molar-refractivity contribution in [1.82, 2.24) is 0 Å². The molecule has 0 saturated heterocycles. The molecule has 0 unspecified atom stereocenters. The average Bonchev–Trinajstić information content (AvgIpc) is 3.09. The molecule has 0 saturated carbocycles. The first kappa shape index (κ1) is 24.2. The first-order chi connectivity index (χ1) is 21.7. The van der Waals surface area contributed by atoms with E-state index < -0.39 is 7.14 Å². The van der Waals surface area contributed by atoms with Gasteiger partial charge in [0.1, 0.15) is 0 Å². The molecule has 1 nitrogen and oxygen atoms in total. The van der Waals surface area contributed by atoms with E-state index in [2.05, 4.69) is 152 Å². The molecule has 44 heavy (non-hydrogen) atoms. The summed E-state index contributed by atoms with van der Waals surface area (Å²) in [6, 6.07) is 53.9. The van der Waals surface area contributed by atoms with E-state index in [1.807, 2.05) is 0 Å². The van der Waals surface area contributed by atoms with Crippen LogP contribution in [0.5, 0.6) is 0 Å². The maximum atomic E-state index is 16.7. The van der Waals surface area contributed by atoms with Gasteiger partial charge in [-0.05, 0) is 87.5 Å². The third kappa shape index (κ3) is 3.07. The van der Waals surface area contributed by atoms with Crippen LogP contribution in [0.3, 0.4) is 0 Å². The van der Waals surface area contributed by atoms with Crippen LogP contribution in [0.1, 0.15) is 0 Å². The lowest BCUT2D eigenvalue weighted by Gasteiger charge is -2.26. The van der Waals surface area contributed by atoms with Crippen LogP contribution in [0.4, 0.5) is 0 Å². The molecule has 0 aromatic heterocycles. The van der Waals surface area contributed by atoms with E-state index in [9.17, 15) is 0 Å². The Kier molecular flexibility index (Phi) is 4.77. The van der Waals surface area contributed by atoms with E-state index in [-0.39, 0.29) is 0 Å². The van der Waals surface area contributed by atoms with Gasteiger partial charge in [0.25, 0.3) is 0 Å². The second-order valence-electron chi connectivity index (χ2n) is 12.0. The van der Waals surface area contributed by atoms with Gasteiger partial charge in [0.15, 0.2) is 7.14 Å². The minimum Gasteiger partial charge on any atom is -0.309 e. The van der Waals surface area contributed by atoms with E-state index in [0.717, 1.165) is 37.5 Å². The molecule has 10 rings (SSSR count). The summed E-state index contributed by atoms with van der Waals surface area (Å²) in [7, 11) is -3.44. The average molecular weight is 577 g/mol. The monoisotopic (exact) mass is 576 g/mol. The van der Waals surface area contributed by atoms with Gasteiger partial charge in [0, 0.05) is 15.9 Å². The van der Waals surface area contributed by atoms with Gasteiger partial charge < -0.3 is 4.57 Å². The highest BCUT2D eigenvalue weighted by atomic mass is 31.2. The molecule has 0 amide bonds. The van der Waals surface area contributed by atoms with E-state index >= 15 is 4.57 Å². The number of rotatable bonds is 3. The van der Waals surface area contributed by atoms with Gasteiger partial charge in [-0.15, -0.1) is 0 Å². The number of hydrogen-bond donors (Lipinski definition) is 0. The second kappa shape index (κ2) is 8.66. The van der Waals surface area contributed by atoms with Crippen LogP contribution >= 0.6 is 7.14 Å². The lowest BCUT2D eigenvalue weighted by Crippen LogP contribution is -2.27. The molecule has 0 fully saturated rings. The van der Waals surface area contributed by atoms with Gasteiger partial charge in [0.2, 0.25) is 0 Å². The predicted molar refractivity (Wildman–Crippen MR) is 191 cm³/mol. The number of benzene rings is 10. The van der Waals surface area contributed by atoms with Crippen molar-refractivity contribution < 1.29 is 4.57 Å². The normalized spacial score (nSPS) is 12.6. The third-order valence-electron chi connectivity index (χ3n) is 9.80. The molecule has 10 aromatic carbocycles. The summed E-state index contributed by atoms with van der Waals surface area (Å²) in [5.41, 5.74) is 0. The van der Waals surface area contributed by atoms with Crippen LogP contribution in [0.25, 0.3) is 75.4 Å². The molecule has 0 N–H and O–H groups in total. The lowest BCUT2D eigenvalue weighted by molar-refractivity contribution is 0.593. The summed E-state index contributed by atoms with van der Waals surface area (Å²) in [5.74, 6) is 0. The Morgan fingerprint density at radius 3 is 1.18 bits per heavy atom. The van der Waals surface area contributed by atoms with Crippen molar-refractivity contribution in [1.29, 1.82) is 0 Å². The second-order valence-corrected chi connectivity index (χ2v) is 14.7. The topological polar surface area (TPSA) is 17.1 Å². The summed E-state index contributed by atoms with van der Waals surface area (Å²) >= 11 is 0. The first-order valence-corrected chi connectivity index (χ1v) is 16.8. The molecule has 0 aliphatic heterocycles. The molecule has 0 atom stereocenters. The van der Waals surface area contributed by atoms with E-state index in [0.29, 0.717) is 0 Å². The van der Waals surface area contributed by atoms with E-state index in [1.165, 1.54) is 53.9 Å². The van der Waals surface area contributed by atoms with E-state index in [4.69, 9.17) is 0 Å². The molecule has 0 aliphatic rings. The highest BCUT2D eigenvalue weighted by Crippen LogP contribution is 2.50. The Bertz CT molecular complexity index is 2620. The molecular weight excluding hydrogens is 551 g/mol. The van der Waals surface area contributed by atoms with Crippen molar-refractivity contribution in [2.45, 2.75) is 0 Å². The molecule has 204 valence electrons. The van der Waals surface area contributed by atoms with Crippen molar-refractivity contribution in [2.75, 3.05) is 0 Å². The Balaban J connectivity index is 1.42. The van der Waals surface area contributed by atoms with Crippen molar-refractivity contribution in [3.8, 4) is 0 Å². The fourth-order valence-corrected chi connectivity index (χ4v) is 11.1. The summed E-state index contributed by atoms with van der Waals surface area (Å²) in [6.07, 6.45) is 0. The molecule has 10 aromatic rings. The van der Waals surface area contributed by atoms with Crippen LogP contribution in [0, 0.1) is 0 Å². The smallest absolute Gasteiger partial charge is 0.172 e. The molecule has 0 spiro atoms. The van der Waals surface area contributed by atoms with Gasteiger partial charge in [-0.2, -0.15) is 0 Å². The van der Waals surface area contributed by atoms with Crippen LogP contribution in [-0.2, 0) is 4.57 Å². The minimum absolute atomic E-state index is 0.890. The minimum atomic E-state index is -3.44. The van der Waals surface area contributed by atoms with Crippen LogP contribution in [-0.4, -0.2) is 0 Å². The zero-order chi connectivity index (χ0) is 29.0. The first-order valence-electron chi connectivity index (χ1n) is 15.1. The standard InChI is InChI=1S/C42H25OP/c43-44(36-13-5-7-26-6-1-2-12-33(26)36,37-24-20-31-16-14-27-8-3-10-29-18-22-34(37)41(31)39(27)29)38-25-21-32-17-15-28-9-4-11-30-19-23-35(38)42(32)40(28)30/h1-25H.